The first kappa shape index (κ1) is 99.0. The van der Waals surface area contributed by atoms with Crippen molar-refractivity contribution in [3.8, 4) is 23.0 Å². The van der Waals surface area contributed by atoms with Crippen molar-refractivity contribution in [2.24, 2.45) is 22.7 Å². The summed E-state index contributed by atoms with van der Waals surface area (Å²) in [6, 6.07) is 27.5. The highest BCUT2D eigenvalue weighted by Gasteiger charge is 2.45. The Kier molecular flexibility index (Phi) is 34.9. The van der Waals surface area contributed by atoms with E-state index in [1.807, 2.05) is 24.3 Å². The van der Waals surface area contributed by atoms with Gasteiger partial charge in [-0.3, -0.25) is 38.4 Å². The fourth-order valence-electron chi connectivity index (χ4n) is 16.2. The Morgan fingerprint density at radius 3 is 0.931 bits per heavy atom. The summed E-state index contributed by atoms with van der Waals surface area (Å²) >= 11 is 0. The molecule has 0 unspecified atom stereocenters. The maximum absolute atomic E-state index is 12.9. The zero-order valence-electron chi connectivity index (χ0n) is 75.2. The highest BCUT2D eigenvalue weighted by Crippen LogP contribution is 2.43. The third-order valence-corrected chi connectivity index (χ3v) is 23.7. The molecule has 4 N–H and O–H groups in total. The van der Waals surface area contributed by atoms with Crippen molar-refractivity contribution < 1.29 is 134 Å². The highest BCUT2D eigenvalue weighted by molar-refractivity contribution is 6.48. The number of para-hydroxylation sites is 4. The maximum Gasteiger partial charge on any atom is 0.526 e. The average Bonchev–Trinajstić information content (AvgIpc) is 0.800. The predicted octanol–water partition coefficient (Wildman–Crippen LogP) is 9.09. The highest BCUT2D eigenvalue weighted by atomic mass is 16.7. The number of ether oxygens (including phenoxy) is 8. The summed E-state index contributed by atoms with van der Waals surface area (Å²) in [6.07, 6.45) is 7.82. The van der Waals surface area contributed by atoms with E-state index in [9.17, 15) is 77.6 Å². The van der Waals surface area contributed by atoms with Gasteiger partial charge in [0.05, 0.1) is 50.5 Å². The molecule has 38 heteroatoms. The lowest BCUT2D eigenvalue weighted by atomic mass is 9.63. The Labute approximate surface area is 756 Å². The van der Waals surface area contributed by atoms with Crippen molar-refractivity contribution in [1.82, 2.24) is 19.8 Å². The van der Waals surface area contributed by atoms with Gasteiger partial charge in [0.1, 0.15) is 68.5 Å². The molecule has 0 spiro atoms. The van der Waals surface area contributed by atoms with Gasteiger partial charge in [-0.1, -0.05) is 48.5 Å². The van der Waals surface area contributed by atoms with Crippen molar-refractivity contribution in [1.29, 1.82) is 0 Å². The molecule has 0 radical (unpaired) electrons. The number of aromatic nitrogens is 2. The molecule has 2 aromatic heterocycles. The van der Waals surface area contributed by atoms with E-state index in [4.69, 9.17) is 56.5 Å². The molecule has 130 heavy (non-hydrogen) atoms. The minimum absolute atomic E-state index is 0.0142. The number of morpholine rings is 2. The van der Waals surface area contributed by atoms with Gasteiger partial charge in [0.25, 0.3) is 0 Å². The van der Waals surface area contributed by atoms with Gasteiger partial charge in [0, 0.05) is 151 Å². The van der Waals surface area contributed by atoms with Gasteiger partial charge in [-0.25, -0.2) is 29.1 Å². The summed E-state index contributed by atoms with van der Waals surface area (Å²) in [5, 5.41) is 42.1. The fourth-order valence-corrected chi connectivity index (χ4v) is 16.2. The largest absolute Gasteiger partial charge is 0.535 e. The van der Waals surface area contributed by atoms with Crippen LogP contribution in [0.4, 0.5) is 11.6 Å². The number of piperidine rings is 2. The van der Waals surface area contributed by atoms with Gasteiger partial charge in [0.2, 0.25) is 25.4 Å². The molecule has 10 heterocycles. The number of anilines is 2. The SMILES string of the molecule is CC(=O)N1CCC(C(=O)C[C@H]2Cc3cccc(C(=O)OCOC(=O)C(C)(C)C)c3OB2O)CC1.CC(C)(C)C(=O)OCOC(=O)c1cccc2c1OB(O)[C@@H](CC(=O)c1ccc(N3CCOCC3)nc1)C2.CCOC(=O)c1cccc2c1OB(O)[C@@H](CC(=O)C1CCN(C(C)=O)CC1)C2.CCOC(=O)c1cccc2c1OB(O)[C@@H](CC(=O)c1ccc(N3CCOCC3)nc1)C2. The molecule has 692 valence electrons. The lowest BCUT2D eigenvalue weighted by Crippen LogP contribution is -2.40. The van der Waals surface area contributed by atoms with E-state index < -0.39 is 106 Å². The molecule has 2 amide bonds. The van der Waals surface area contributed by atoms with Crippen molar-refractivity contribution >= 4 is 111 Å². The molecule has 34 nitrogen and oxygen atoms in total. The van der Waals surface area contributed by atoms with Crippen LogP contribution in [-0.2, 0) is 92.3 Å². The minimum Gasteiger partial charge on any atom is -0.535 e. The van der Waals surface area contributed by atoms with Crippen LogP contribution in [-0.4, -0.2) is 245 Å². The fraction of sp³-hybridized carbons (Fsp3) is 0.500. The zero-order valence-corrected chi connectivity index (χ0v) is 75.2. The van der Waals surface area contributed by atoms with Crippen molar-refractivity contribution in [3.63, 3.8) is 0 Å². The number of hydrogen-bond donors (Lipinski definition) is 4. The normalized spacial score (nSPS) is 18.4. The number of likely N-dealkylation sites (tertiary alicyclic amines) is 2. The van der Waals surface area contributed by atoms with E-state index in [1.54, 1.807) is 145 Å². The first-order valence-corrected chi connectivity index (χ1v) is 44.2. The Morgan fingerprint density at radius 2 is 0.669 bits per heavy atom. The molecule has 4 saturated heterocycles. The Bertz CT molecular complexity index is 5020. The number of nitrogens with zero attached hydrogens (tertiary/aromatic N) is 6. The first-order chi connectivity index (χ1) is 62.1. The van der Waals surface area contributed by atoms with E-state index in [0.29, 0.717) is 143 Å². The number of Topliss-reactive ketones (excluding diaryl/α,β-unsaturated/α-hetero) is 4. The summed E-state index contributed by atoms with van der Waals surface area (Å²) < 4.78 is 63.5. The summed E-state index contributed by atoms with van der Waals surface area (Å²) in [6.45, 7) is 24.1. The summed E-state index contributed by atoms with van der Waals surface area (Å²) in [4.78, 5) is 164. The second-order valence-electron chi connectivity index (χ2n) is 35.1. The van der Waals surface area contributed by atoms with Gasteiger partial charge in [-0.2, -0.15) is 0 Å². The Morgan fingerprint density at radius 1 is 0.385 bits per heavy atom. The number of hydrogen-bond acceptors (Lipinski definition) is 32. The number of carbonyl (C=O) groups excluding carboxylic acids is 12. The van der Waals surface area contributed by atoms with Gasteiger partial charge in [-0.15, -0.1) is 0 Å². The number of fused-ring (bicyclic) bond motifs is 4. The maximum atomic E-state index is 12.9. The first-order valence-electron chi connectivity index (χ1n) is 44.2. The topological polar surface area (TPSA) is 435 Å². The predicted molar refractivity (Wildman–Crippen MR) is 475 cm³/mol. The molecule has 0 aliphatic carbocycles. The lowest BCUT2D eigenvalue weighted by molar-refractivity contribution is -0.162. The van der Waals surface area contributed by atoms with Crippen LogP contribution >= 0.6 is 0 Å². The summed E-state index contributed by atoms with van der Waals surface area (Å²) in [7, 11) is -4.87. The van der Waals surface area contributed by atoms with Crippen LogP contribution in [0.25, 0.3) is 0 Å². The molecule has 4 aromatic carbocycles. The molecule has 8 aliphatic heterocycles. The number of ketones is 4. The molecule has 8 aliphatic rings. The van der Waals surface area contributed by atoms with Gasteiger partial charge < -0.3 is 96.2 Å². The zero-order chi connectivity index (χ0) is 93.7. The molecular weight excluding hydrogens is 1680 g/mol. The number of esters is 6. The van der Waals surface area contributed by atoms with Crippen LogP contribution < -0.4 is 28.4 Å². The van der Waals surface area contributed by atoms with Crippen LogP contribution in [0.2, 0.25) is 23.3 Å². The number of benzene rings is 4. The number of amides is 2. The molecule has 0 saturated carbocycles. The van der Waals surface area contributed by atoms with Gasteiger partial charge >= 0.3 is 64.3 Å². The van der Waals surface area contributed by atoms with Crippen molar-refractivity contribution in [2.45, 2.75) is 170 Å². The van der Waals surface area contributed by atoms with Crippen LogP contribution in [0.3, 0.4) is 0 Å². The number of rotatable bonds is 24. The molecular formula is C92H114B4N6O28. The van der Waals surface area contributed by atoms with E-state index in [0.717, 1.165) is 48.9 Å². The summed E-state index contributed by atoms with van der Waals surface area (Å²) in [5.74, 6) is -2.79. The Balaban J connectivity index is 0.000000168. The quantitative estimate of drug-likeness (QED) is 0.0144. The standard InChI is InChI=1S/C26H31BN2O8.C24H32BNO8.C22H25BN2O6.C20H26BNO6/c1-26(2,3)25(32)36-16-35-24(31)20-6-4-5-17-13-19(27(33)37-23(17)20)14-21(30)18-7-8-22(28-15-18)29-9-11-34-12-10-29;1-15(27)26-10-8-16(9-11-26)20(28)13-18-12-17-6-5-7-19(21(17)34-25(18)31)22(29)32-14-33-23(30)24(2,3)4;1-2-30-22(27)18-5-3-4-15-12-17(23(28)31-21(15)18)13-19(26)16-6-7-20(24-14-16)25-8-10-29-11-9-25;1-3-27-20(25)17-6-4-5-15-11-16(21(26)28-19(15)17)12-18(24)14-7-9-22(10-8-14)13(2)23/h4-8,15,19,33H,9-14,16H2,1-3H3;5-7,16,18,31H,8-14H2,1-4H3;3-7,14,17,28H,2,8-13H2,1H3;4-6,14,16,26H,3,7-12H2,1-2H3/t19-;18-;17-;16-/m1111/s1. The van der Waals surface area contributed by atoms with Gasteiger partial charge in [0.15, 0.2) is 11.6 Å². The van der Waals surface area contributed by atoms with E-state index in [-0.39, 0.29) is 120 Å². The lowest BCUT2D eigenvalue weighted by Gasteiger charge is -2.32. The van der Waals surface area contributed by atoms with E-state index in [2.05, 4.69) is 19.8 Å². The van der Waals surface area contributed by atoms with Gasteiger partial charge in [-0.05, 0) is 178 Å². The number of pyridine rings is 2. The molecule has 6 aromatic rings. The van der Waals surface area contributed by atoms with Crippen LogP contribution in [0.15, 0.2) is 109 Å². The Hall–Kier alpha value is -11.6. The monoisotopic (exact) mass is 1790 g/mol. The molecule has 14 rings (SSSR count). The van der Waals surface area contributed by atoms with E-state index in [1.165, 1.54) is 19.1 Å². The second-order valence-corrected chi connectivity index (χ2v) is 35.1. The molecule has 4 fully saturated rings. The minimum atomic E-state index is -1.29. The number of carbonyl (C=O) groups is 12. The second kappa shape index (κ2) is 45.8. The van der Waals surface area contributed by atoms with Crippen molar-refractivity contribution in [3.05, 3.63) is 165 Å². The van der Waals surface area contributed by atoms with Crippen molar-refractivity contribution in [2.75, 3.05) is 115 Å². The summed E-state index contributed by atoms with van der Waals surface area (Å²) in [5.41, 5.74) is 3.23. The van der Waals surface area contributed by atoms with Crippen LogP contribution in [0, 0.1) is 22.7 Å². The van der Waals surface area contributed by atoms with Crippen LogP contribution in [0.5, 0.6) is 23.0 Å². The smallest absolute Gasteiger partial charge is 0.526 e. The average molecular weight is 1800 g/mol. The molecule has 4 atom stereocenters. The third-order valence-electron chi connectivity index (χ3n) is 23.7. The van der Waals surface area contributed by atoms with E-state index >= 15 is 0 Å². The molecule has 0 bridgehead atoms. The third kappa shape index (κ3) is 26.4. The van der Waals surface area contributed by atoms with Crippen LogP contribution in [0.1, 0.15) is 205 Å².